The van der Waals surface area contributed by atoms with E-state index in [1.807, 2.05) is 18.2 Å². The summed E-state index contributed by atoms with van der Waals surface area (Å²) in [6.45, 7) is 0.364. The first-order valence-electron chi connectivity index (χ1n) is 6.28. The maximum absolute atomic E-state index is 12.1. The molecule has 0 bridgehead atoms. The number of nitrogens with one attached hydrogen (secondary N) is 2. The average Bonchev–Trinajstić information content (AvgIpc) is 2.84. The number of hydrogen-bond donors (Lipinski definition) is 2. The van der Waals surface area contributed by atoms with Gasteiger partial charge in [-0.3, -0.25) is 9.78 Å². The van der Waals surface area contributed by atoms with E-state index >= 15 is 0 Å². The monoisotopic (exact) mass is 346 g/mol. The molecular formula is C15H11BrN2O3. The van der Waals surface area contributed by atoms with Crippen LogP contribution in [0.15, 0.2) is 56.1 Å². The minimum atomic E-state index is -0.487. The molecule has 21 heavy (non-hydrogen) atoms. The minimum absolute atomic E-state index is 0.164. The average molecular weight is 347 g/mol. The van der Waals surface area contributed by atoms with Crippen molar-refractivity contribution in [3.05, 3.63) is 68.6 Å². The van der Waals surface area contributed by atoms with E-state index < -0.39 is 5.76 Å². The molecule has 6 heteroatoms. The largest absolute Gasteiger partial charge is 0.417 e. The third kappa shape index (κ3) is 2.90. The lowest BCUT2D eigenvalue weighted by Gasteiger charge is -2.06. The van der Waals surface area contributed by atoms with Gasteiger partial charge in [0, 0.05) is 11.0 Å². The Kier molecular flexibility index (Phi) is 3.62. The predicted molar refractivity (Wildman–Crippen MR) is 82.1 cm³/mol. The molecule has 3 rings (SSSR count). The van der Waals surface area contributed by atoms with E-state index in [-0.39, 0.29) is 5.91 Å². The fraction of sp³-hybridized carbons (Fsp3) is 0.0667. The Hall–Kier alpha value is -2.34. The highest BCUT2D eigenvalue weighted by molar-refractivity contribution is 9.10. The van der Waals surface area contributed by atoms with Crippen LogP contribution in [0.25, 0.3) is 11.1 Å². The zero-order chi connectivity index (χ0) is 14.8. The van der Waals surface area contributed by atoms with E-state index in [1.54, 1.807) is 24.3 Å². The number of rotatable bonds is 3. The third-order valence-corrected chi connectivity index (χ3v) is 3.75. The summed E-state index contributed by atoms with van der Waals surface area (Å²) < 4.78 is 5.68. The molecule has 0 atom stereocenters. The molecule has 2 N–H and O–H groups in total. The summed E-state index contributed by atoms with van der Waals surface area (Å²) in [6, 6.07) is 12.5. The number of H-pyrrole nitrogens is 1. The molecule has 0 saturated heterocycles. The summed E-state index contributed by atoms with van der Waals surface area (Å²) >= 11 is 3.35. The fourth-order valence-corrected chi connectivity index (χ4v) is 2.50. The Morgan fingerprint density at radius 1 is 1.24 bits per heavy atom. The Balaban J connectivity index is 1.75. The maximum atomic E-state index is 12.1. The van der Waals surface area contributed by atoms with Crippen molar-refractivity contribution in [2.45, 2.75) is 6.54 Å². The molecule has 0 saturated carbocycles. The number of hydrogen-bond acceptors (Lipinski definition) is 3. The number of benzene rings is 2. The number of aromatic nitrogens is 1. The fourth-order valence-electron chi connectivity index (χ4n) is 2.03. The zero-order valence-corrected chi connectivity index (χ0v) is 12.4. The van der Waals surface area contributed by atoms with Gasteiger partial charge in [0.15, 0.2) is 5.58 Å². The number of carbonyl (C=O) groups excluding carboxylic acids is 1. The molecule has 1 amide bonds. The molecule has 0 fully saturated rings. The quantitative estimate of drug-likeness (QED) is 0.765. The number of aromatic amines is 1. The van der Waals surface area contributed by atoms with Gasteiger partial charge in [0.2, 0.25) is 0 Å². The van der Waals surface area contributed by atoms with Crippen LogP contribution in [-0.4, -0.2) is 10.9 Å². The van der Waals surface area contributed by atoms with Crippen LogP contribution >= 0.6 is 15.9 Å². The second kappa shape index (κ2) is 5.57. The normalized spacial score (nSPS) is 10.7. The topological polar surface area (TPSA) is 75.1 Å². The van der Waals surface area contributed by atoms with E-state index in [0.717, 1.165) is 10.0 Å². The minimum Gasteiger partial charge on any atom is -0.408 e. The van der Waals surface area contributed by atoms with Gasteiger partial charge in [0.1, 0.15) is 0 Å². The molecule has 0 aliphatic heterocycles. The second-order valence-corrected chi connectivity index (χ2v) is 5.36. The lowest BCUT2D eigenvalue weighted by Crippen LogP contribution is -2.23. The first kappa shape index (κ1) is 13.6. The van der Waals surface area contributed by atoms with Crippen LogP contribution < -0.4 is 11.1 Å². The molecule has 0 spiro atoms. The summed E-state index contributed by atoms with van der Waals surface area (Å²) in [7, 11) is 0. The zero-order valence-electron chi connectivity index (χ0n) is 10.9. The number of carbonyl (C=O) groups is 1. The van der Waals surface area contributed by atoms with Crippen LogP contribution in [0.2, 0.25) is 0 Å². The van der Waals surface area contributed by atoms with Crippen LogP contribution in [0.4, 0.5) is 0 Å². The van der Waals surface area contributed by atoms with Crippen molar-refractivity contribution in [1.29, 1.82) is 0 Å². The lowest BCUT2D eigenvalue weighted by atomic mass is 10.2. The van der Waals surface area contributed by atoms with Crippen molar-refractivity contribution in [3.8, 4) is 0 Å². The van der Waals surface area contributed by atoms with Crippen molar-refractivity contribution in [3.63, 3.8) is 0 Å². The van der Waals surface area contributed by atoms with Gasteiger partial charge in [-0.15, -0.1) is 0 Å². The molecule has 0 aliphatic carbocycles. The molecule has 0 aliphatic rings. The number of amides is 1. The summed E-state index contributed by atoms with van der Waals surface area (Å²) in [5.41, 5.74) is 2.57. The standard InChI is InChI=1S/C15H11BrN2O3/c16-11-4-2-1-3-10(11)14(19)17-8-9-5-6-13-12(7-9)18-15(20)21-13/h1-7H,8H2,(H,17,19)(H,18,20). The van der Waals surface area contributed by atoms with Crippen LogP contribution in [0.1, 0.15) is 15.9 Å². The molecule has 1 aromatic heterocycles. The van der Waals surface area contributed by atoms with E-state index in [2.05, 4.69) is 26.2 Å². The molecule has 3 aromatic rings. The molecule has 0 radical (unpaired) electrons. The van der Waals surface area contributed by atoms with Gasteiger partial charge in [-0.1, -0.05) is 18.2 Å². The van der Waals surface area contributed by atoms with Crippen molar-refractivity contribution in [1.82, 2.24) is 10.3 Å². The van der Waals surface area contributed by atoms with Gasteiger partial charge < -0.3 is 9.73 Å². The van der Waals surface area contributed by atoms with Crippen molar-refractivity contribution in [2.24, 2.45) is 0 Å². The Labute approximate surface area is 128 Å². The van der Waals surface area contributed by atoms with Crippen LogP contribution in [-0.2, 0) is 6.54 Å². The number of fused-ring (bicyclic) bond motifs is 1. The van der Waals surface area contributed by atoms with Crippen LogP contribution in [0, 0.1) is 0 Å². The Morgan fingerprint density at radius 2 is 2.05 bits per heavy atom. The summed E-state index contributed by atoms with van der Waals surface area (Å²) in [4.78, 5) is 25.8. The van der Waals surface area contributed by atoms with E-state index in [4.69, 9.17) is 4.42 Å². The molecule has 5 nitrogen and oxygen atoms in total. The Morgan fingerprint density at radius 3 is 2.86 bits per heavy atom. The van der Waals surface area contributed by atoms with Crippen molar-refractivity contribution < 1.29 is 9.21 Å². The molecule has 1 heterocycles. The van der Waals surface area contributed by atoms with E-state index in [1.165, 1.54) is 0 Å². The van der Waals surface area contributed by atoms with Crippen molar-refractivity contribution in [2.75, 3.05) is 0 Å². The van der Waals surface area contributed by atoms with Crippen LogP contribution in [0.5, 0.6) is 0 Å². The highest BCUT2D eigenvalue weighted by Gasteiger charge is 2.09. The molecular weight excluding hydrogens is 336 g/mol. The maximum Gasteiger partial charge on any atom is 0.417 e. The first-order valence-corrected chi connectivity index (χ1v) is 7.07. The molecule has 0 unspecified atom stereocenters. The van der Waals surface area contributed by atoms with E-state index in [9.17, 15) is 9.59 Å². The number of oxazole rings is 1. The number of halogens is 1. The van der Waals surface area contributed by atoms with Gasteiger partial charge in [-0.05, 0) is 45.8 Å². The first-order chi connectivity index (χ1) is 10.1. The van der Waals surface area contributed by atoms with Gasteiger partial charge in [-0.25, -0.2) is 4.79 Å². The predicted octanol–water partition coefficient (Wildman–Crippen LogP) is 2.81. The van der Waals surface area contributed by atoms with Gasteiger partial charge in [-0.2, -0.15) is 0 Å². The molecule has 106 valence electrons. The third-order valence-electron chi connectivity index (χ3n) is 3.05. The second-order valence-electron chi connectivity index (χ2n) is 4.51. The SMILES string of the molecule is O=C(NCc1ccc2oc(=O)[nH]c2c1)c1ccccc1Br. The smallest absolute Gasteiger partial charge is 0.408 e. The van der Waals surface area contributed by atoms with Gasteiger partial charge in [0.05, 0.1) is 11.1 Å². The van der Waals surface area contributed by atoms with Crippen molar-refractivity contribution >= 4 is 32.9 Å². The van der Waals surface area contributed by atoms with E-state index in [0.29, 0.717) is 23.2 Å². The summed E-state index contributed by atoms with van der Waals surface area (Å²) in [6.07, 6.45) is 0. The summed E-state index contributed by atoms with van der Waals surface area (Å²) in [5.74, 6) is -0.650. The highest BCUT2D eigenvalue weighted by atomic mass is 79.9. The van der Waals surface area contributed by atoms with Gasteiger partial charge >= 0.3 is 5.76 Å². The lowest BCUT2D eigenvalue weighted by molar-refractivity contribution is 0.0950. The summed E-state index contributed by atoms with van der Waals surface area (Å²) in [5, 5.41) is 2.84. The highest BCUT2D eigenvalue weighted by Crippen LogP contribution is 2.16. The Bertz CT molecular complexity index is 866. The molecule has 2 aromatic carbocycles. The van der Waals surface area contributed by atoms with Crippen LogP contribution in [0.3, 0.4) is 0 Å². The van der Waals surface area contributed by atoms with Gasteiger partial charge in [0.25, 0.3) is 5.91 Å².